The van der Waals surface area contributed by atoms with Crippen molar-refractivity contribution in [1.82, 2.24) is 0 Å². The first kappa shape index (κ1) is 14.7. The van der Waals surface area contributed by atoms with Crippen molar-refractivity contribution in [1.29, 1.82) is 0 Å². The lowest BCUT2D eigenvalue weighted by Crippen LogP contribution is -1.99. The van der Waals surface area contributed by atoms with E-state index < -0.39 is 0 Å². The topological polar surface area (TPSA) is 18.5 Å². The molecular weight excluding hydrogens is 272 g/mol. The molecule has 0 aliphatic carbocycles. The van der Waals surface area contributed by atoms with E-state index in [0.29, 0.717) is 0 Å². The van der Waals surface area contributed by atoms with Gasteiger partial charge in [0.15, 0.2) is 0 Å². The second-order valence-corrected chi connectivity index (χ2v) is 5.27. The minimum atomic E-state index is -0.0708. The molecule has 0 spiro atoms. The molecule has 3 heteroatoms. The van der Waals surface area contributed by atoms with Crippen LogP contribution in [0.3, 0.4) is 0 Å². The molecule has 0 aliphatic heterocycles. The molecule has 106 valence electrons. The molecule has 20 heavy (non-hydrogen) atoms. The molecule has 0 saturated carbocycles. The maximum Gasteiger partial charge on any atom is 0.119 e. The second-order valence-electron chi connectivity index (χ2n) is 4.74. The first-order valence-corrected chi connectivity index (χ1v) is 6.99. The van der Waals surface area contributed by atoms with Crippen molar-refractivity contribution in [2.75, 3.05) is 14.2 Å². The van der Waals surface area contributed by atoms with Gasteiger partial charge >= 0.3 is 0 Å². The Morgan fingerprint density at radius 1 is 0.950 bits per heavy atom. The first-order valence-electron chi connectivity index (χ1n) is 6.55. The lowest BCUT2D eigenvalue weighted by atomic mass is 9.99. The van der Waals surface area contributed by atoms with Gasteiger partial charge in [0.25, 0.3) is 0 Å². The molecule has 0 bridgehead atoms. The molecule has 2 rings (SSSR count). The van der Waals surface area contributed by atoms with Gasteiger partial charge in [-0.25, -0.2) is 0 Å². The molecule has 0 radical (unpaired) electrons. The third-order valence-corrected chi connectivity index (χ3v) is 3.79. The molecule has 0 fully saturated rings. The van der Waals surface area contributed by atoms with Gasteiger partial charge < -0.3 is 9.47 Å². The van der Waals surface area contributed by atoms with Crippen LogP contribution < -0.4 is 9.47 Å². The Labute approximate surface area is 125 Å². The van der Waals surface area contributed by atoms with E-state index in [1.807, 2.05) is 42.5 Å². The molecule has 1 unspecified atom stereocenters. The van der Waals surface area contributed by atoms with E-state index in [1.165, 1.54) is 11.1 Å². The number of rotatable bonds is 5. The lowest BCUT2D eigenvalue weighted by molar-refractivity contribution is 0.414. The lowest BCUT2D eigenvalue weighted by Gasteiger charge is -2.14. The van der Waals surface area contributed by atoms with Gasteiger partial charge in [0.1, 0.15) is 11.5 Å². The zero-order chi connectivity index (χ0) is 14.5. The monoisotopic (exact) mass is 290 g/mol. The number of hydrogen-bond donors (Lipinski definition) is 0. The van der Waals surface area contributed by atoms with Gasteiger partial charge in [-0.2, -0.15) is 0 Å². The standard InChI is InChI=1S/C17H19ClO2/c1-12-4-7-15(20-3)11-16(12)17(18)10-13-5-8-14(19-2)9-6-13/h4-9,11,17H,10H2,1-3H3. The van der Waals surface area contributed by atoms with Crippen molar-refractivity contribution in [3.8, 4) is 11.5 Å². The normalized spacial score (nSPS) is 12.0. The van der Waals surface area contributed by atoms with Gasteiger partial charge in [-0.05, 0) is 54.3 Å². The van der Waals surface area contributed by atoms with E-state index in [1.54, 1.807) is 14.2 Å². The van der Waals surface area contributed by atoms with Crippen LogP contribution in [0.4, 0.5) is 0 Å². The molecular formula is C17H19ClO2. The molecule has 2 aromatic rings. The van der Waals surface area contributed by atoms with Gasteiger partial charge in [-0.3, -0.25) is 0 Å². The largest absolute Gasteiger partial charge is 0.497 e. The zero-order valence-electron chi connectivity index (χ0n) is 12.0. The van der Waals surface area contributed by atoms with E-state index in [-0.39, 0.29) is 5.38 Å². The highest BCUT2D eigenvalue weighted by Gasteiger charge is 2.13. The van der Waals surface area contributed by atoms with Crippen LogP contribution in [-0.2, 0) is 6.42 Å². The third-order valence-electron chi connectivity index (χ3n) is 3.40. The molecule has 2 aromatic carbocycles. The Hall–Kier alpha value is -1.67. The van der Waals surface area contributed by atoms with Gasteiger partial charge in [0.05, 0.1) is 19.6 Å². The number of methoxy groups -OCH3 is 2. The van der Waals surface area contributed by atoms with Crippen LogP contribution in [0.25, 0.3) is 0 Å². The van der Waals surface area contributed by atoms with Crippen LogP contribution in [0, 0.1) is 6.92 Å². The van der Waals surface area contributed by atoms with Gasteiger partial charge in [0, 0.05) is 0 Å². The maximum absolute atomic E-state index is 6.56. The summed E-state index contributed by atoms with van der Waals surface area (Å²) in [5.74, 6) is 1.70. The summed E-state index contributed by atoms with van der Waals surface area (Å²) in [5.41, 5.74) is 3.48. The van der Waals surface area contributed by atoms with Crippen molar-refractivity contribution in [2.24, 2.45) is 0 Å². The SMILES string of the molecule is COc1ccc(CC(Cl)c2cc(OC)ccc2C)cc1. The highest BCUT2D eigenvalue weighted by atomic mass is 35.5. The fourth-order valence-electron chi connectivity index (χ4n) is 2.16. The van der Waals surface area contributed by atoms with Crippen LogP contribution in [-0.4, -0.2) is 14.2 Å². The summed E-state index contributed by atoms with van der Waals surface area (Å²) in [5, 5.41) is -0.0708. The molecule has 0 aliphatic rings. The number of halogens is 1. The van der Waals surface area contributed by atoms with E-state index in [2.05, 4.69) is 6.92 Å². The predicted octanol–water partition coefficient (Wildman–Crippen LogP) is 4.53. The Morgan fingerprint density at radius 2 is 1.55 bits per heavy atom. The second kappa shape index (κ2) is 6.67. The molecule has 0 amide bonds. The predicted molar refractivity (Wildman–Crippen MR) is 83.0 cm³/mol. The van der Waals surface area contributed by atoms with E-state index in [9.17, 15) is 0 Å². The Kier molecular flexibility index (Phi) is 4.91. The van der Waals surface area contributed by atoms with Crippen LogP contribution in [0.15, 0.2) is 42.5 Å². The zero-order valence-corrected chi connectivity index (χ0v) is 12.8. The minimum Gasteiger partial charge on any atom is -0.497 e. The molecule has 0 N–H and O–H groups in total. The van der Waals surface area contributed by atoms with E-state index in [0.717, 1.165) is 23.5 Å². The van der Waals surface area contributed by atoms with Crippen LogP contribution in [0.2, 0.25) is 0 Å². The van der Waals surface area contributed by atoms with Gasteiger partial charge in [-0.1, -0.05) is 18.2 Å². The Morgan fingerprint density at radius 3 is 2.15 bits per heavy atom. The maximum atomic E-state index is 6.56. The number of benzene rings is 2. The summed E-state index contributed by atoms with van der Waals surface area (Å²) >= 11 is 6.56. The van der Waals surface area contributed by atoms with Crippen molar-refractivity contribution in [3.63, 3.8) is 0 Å². The summed E-state index contributed by atoms with van der Waals surface area (Å²) in [7, 11) is 3.33. The molecule has 2 nitrogen and oxygen atoms in total. The molecule has 1 atom stereocenters. The number of ether oxygens (including phenoxy) is 2. The summed E-state index contributed by atoms with van der Waals surface area (Å²) in [6, 6.07) is 14.0. The Bertz CT molecular complexity index is 564. The van der Waals surface area contributed by atoms with E-state index in [4.69, 9.17) is 21.1 Å². The highest BCUT2D eigenvalue weighted by Crippen LogP contribution is 2.30. The number of hydrogen-bond acceptors (Lipinski definition) is 2. The highest BCUT2D eigenvalue weighted by molar-refractivity contribution is 6.21. The number of alkyl halides is 1. The Balaban J connectivity index is 2.16. The van der Waals surface area contributed by atoms with Crippen molar-refractivity contribution in [3.05, 3.63) is 59.2 Å². The van der Waals surface area contributed by atoms with Gasteiger partial charge in [0.2, 0.25) is 0 Å². The molecule has 0 aromatic heterocycles. The summed E-state index contributed by atoms with van der Waals surface area (Å²) in [6.45, 7) is 2.07. The van der Waals surface area contributed by atoms with Crippen LogP contribution >= 0.6 is 11.6 Å². The van der Waals surface area contributed by atoms with Gasteiger partial charge in [-0.15, -0.1) is 11.6 Å². The molecule has 0 heterocycles. The number of aryl methyl sites for hydroxylation is 1. The average molecular weight is 291 g/mol. The fourth-order valence-corrected chi connectivity index (χ4v) is 2.57. The molecule has 0 saturated heterocycles. The van der Waals surface area contributed by atoms with Crippen molar-refractivity contribution in [2.45, 2.75) is 18.7 Å². The van der Waals surface area contributed by atoms with Crippen molar-refractivity contribution >= 4 is 11.6 Å². The van der Waals surface area contributed by atoms with Crippen molar-refractivity contribution < 1.29 is 9.47 Å². The van der Waals surface area contributed by atoms with Crippen LogP contribution in [0.5, 0.6) is 11.5 Å². The third kappa shape index (κ3) is 3.45. The summed E-state index contributed by atoms with van der Waals surface area (Å²) in [4.78, 5) is 0. The van der Waals surface area contributed by atoms with E-state index >= 15 is 0 Å². The first-order chi connectivity index (χ1) is 9.63. The smallest absolute Gasteiger partial charge is 0.119 e. The van der Waals surface area contributed by atoms with Crippen LogP contribution in [0.1, 0.15) is 22.1 Å². The average Bonchev–Trinajstić information content (AvgIpc) is 2.48. The summed E-state index contributed by atoms with van der Waals surface area (Å²) in [6.07, 6.45) is 0.777. The minimum absolute atomic E-state index is 0.0708. The summed E-state index contributed by atoms with van der Waals surface area (Å²) < 4.78 is 10.4. The quantitative estimate of drug-likeness (QED) is 0.753. The fraction of sp³-hybridized carbons (Fsp3) is 0.294.